The van der Waals surface area contributed by atoms with Crippen molar-refractivity contribution in [1.29, 1.82) is 0 Å². The molecule has 1 aromatic rings. The van der Waals surface area contributed by atoms with Crippen LogP contribution in [0.2, 0.25) is 5.02 Å². The molecule has 3 heteroatoms. The summed E-state index contributed by atoms with van der Waals surface area (Å²) in [6, 6.07) is 5.64. The van der Waals surface area contributed by atoms with Crippen LogP contribution in [0.3, 0.4) is 0 Å². The molecule has 1 rings (SSSR count). The van der Waals surface area contributed by atoms with E-state index < -0.39 is 6.10 Å². The van der Waals surface area contributed by atoms with E-state index in [0.717, 1.165) is 29.0 Å². The maximum absolute atomic E-state index is 10.2. The third-order valence-electron chi connectivity index (χ3n) is 2.93. The number of rotatable bonds is 5. The van der Waals surface area contributed by atoms with Gasteiger partial charge in [-0.05, 0) is 37.1 Å². The minimum Gasteiger partial charge on any atom is -0.388 e. The zero-order valence-corrected chi connectivity index (χ0v) is 10.7. The van der Waals surface area contributed by atoms with Gasteiger partial charge in [0.1, 0.15) is 0 Å². The average molecular weight is 242 g/mol. The molecule has 2 nitrogen and oxygen atoms in total. The summed E-state index contributed by atoms with van der Waals surface area (Å²) < 4.78 is 0. The van der Waals surface area contributed by atoms with Crippen molar-refractivity contribution in [3.05, 3.63) is 34.3 Å². The molecule has 2 unspecified atom stereocenters. The highest BCUT2D eigenvalue weighted by atomic mass is 35.5. The number of aliphatic hydroxyl groups is 1. The molecule has 3 N–H and O–H groups in total. The number of aryl methyl sites for hydroxylation is 1. The van der Waals surface area contributed by atoms with Gasteiger partial charge in [0.15, 0.2) is 0 Å². The second kappa shape index (κ2) is 6.24. The van der Waals surface area contributed by atoms with Crippen LogP contribution < -0.4 is 5.73 Å². The lowest BCUT2D eigenvalue weighted by Gasteiger charge is -2.21. The molecule has 0 spiro atoms. The van der Waals surface area contributed by atoms with Gasteiger partial charge in [0, 0.05) is 10.9 Å². The third kappa shape index (κ3) is 3.21. The Morgan fingerprint density at radius 3 is 2.62 bits per heavy atom. The van der Waals surface area contributed by atoms with E-state index >= 15 is 0 Å². The standard InChI is InChI=1S/C13H20ClNO/c1-3-4-11(8-15)13(16)10-5-6-12(14)9(2)7-10/h5-7,11,13,16H,3-4,8,15H2,1-2H3. The van der Waals surface area contributed by atoms with Crippen molar-refractivity contribution < 1.29 is 5.11 Å². The minimum atomic E-state index is -0.485. The fourth-order valence-electron chi connectivity index (χ4n) is 1.90. The second-order valence-electron chi connectivity index (χ2n) is 4.24. The highest BCUT2D eigenvalue weighted by Gasteiger charge is 2.19. The Balaban J connectivity index is 2.85. The molecular weight excluding hydrogens is 222 g/mol. The number of hydrogen-bond acceptors (Lipinski definition) is 2. The Hall–Kier alpha value is -0.570. The highest BCUT2D eigenvalue weighted by molar-refractivity contribution is 6.31. The fraction of sp³-hybridized carbons (Fsp3) is 0.538. The van der Waals surface area contributed by atoms with Crippen LogP contribution in [-0.4, -0.2) is 11.7 Å². The van der Waals surface area contributed by atoms with E-state index in [2.05, 4.69) is 6.92 Å². The molecule has 0 aliphatic rings. The minimum absolute atomic E-state index is 0.130. The molecule has 0 saturated carbocycles. The van der Waals surface area contributed by atoms with E-state index in [9.17, 15) is 5.11 Å². The number of benzene rings is 1. The van der Waals surface area contributed by atoms with Crippen molar-refractivity contribution in [2.75, 3.05) is 6.54 Å². The van der Waals surface area contributed by atoms with E-state index in [1.165, 1.54) is 0 Å². The molecule has 0 bridgehead atoms. The Morgan fingerprint density at radius 2 is 2.12 bits per heavy atom. The topological polar surface area (TPSA) is 46.2 Å². The van der Waals surface area contributed by atoms with E-state index in [1.807, 2.05) is 25.1 Å². The van der Waals surface area contributed by atoms with E-state index in [4.69, 9.17) is 17.3 Å². The molecule has 0 aromatic heterocycles. The van der Waals surface area contributed by atoms with Gasteiger partial charge in [-0.25, -0.2) is 0 Å². The summed E-state index contributed by atoms with van der Waals surface area (Å²) in [4.78, 5) is 0. The number of halogens is 1. The van der Waals surface area contributed by atoms with Crippen molar-refractivity contribution in [3.63, 3.8) is 0 Å². The maximum Gasteiger partial charge on any atom is 0.0830 e. The zero-order chi connectivity index (χ0) is 12.1. The van der Waals surface area contributed by atoms with Gasteiger partial charge in [-0.15, -0.1) is 0 Å². The van der Waals surface area contributed by atoms with Gasteiger partial charge in [-0.2, -0.15) is 0 Å². The number of nitrogens with two attached hydrogens (primary N) is 1. The molecular formula is C13H20ClNO. The van der Waals surface area contributed by atoms with Crippen LogP contribution in [0.15, 0.2) is 18.2 Å². The van der Waals surface area contributed by atoms with Crippen molar-refractivity contribution in [3.8, 4) is 0 Å². The lowest BCUT2D eigenvalue weighted by atomic mass is 9.91. The first-order valence-corrected chi connectivity index (χ1v) is 6.12. The smallest absolute Gasteiger partial charge is 0.0830 e. The van der Waals surface area contributed by atoms with Gasteiger partial charge >= 0.3 is 0 Å². The van der Waals surface area contributed by atoms with Crippen LogP contribution >= 0.6 is 11.6 Å². The molecule has 90 valence electrons. The SMILES string of the molecule is CCCC(CN)C(O)c1ccc(Cl)c(C)c1. The van der Waals surface area contributed by atoms with Gasteiger partial charge in [-0.1, -0.05) is 37.1 Å². The lowest BCUT2D eigenvalue weighted by Crippen LogP contribution is -2.21. The molecule has 0 saturated heterocycles. The Bertz CT molecular complexity index is 341. The van der Waals surface area contributed by atoms with Crippen molar-refractivity contribution in [1.82, 2.24) is 0 Å². The van der Waals surface area contributed by atoms with Gasteiger partial charge in [0.2, 0.25) is 0 Å². The summed E-state index contributed by atoms with van der Waals surface area (Å²) in [5.74, 6) is 0.130. The maximum atomic E-state index is 10.2. The van der Waals surface area contributed by atoms with E-state index in [0.29, 0.717) is 6.54 Å². The Labute approximate surface area is 102 Å². The number of hydrogen-bond donors (Lipinski definition) is 2. The molecule has 0 amide bonds. The lowest BCUT2D eigenvalue weighted by molar-refractivity contribution is 0.107. The third-order valence-corrected chi connectivity index (χ3v) is 3.36. The summed E-state index contributed by atoms with van der Waals surface area (Å²) in [6.45, 7) is 4.55. The van der Waals surface area contributed by atoms with Gasteiger partial charge in [0.05, 0.1) is 6.10 Å². The fourth-order valence-corrected chi connectivity index (χ4v) is 2.02. The highest BCUT2D eigenvalue weighted by Crippen LogP contribution is 2.27. The molecule has 2 atom stereocenters. The Morgan fingerprint density at radius 1 is 1.44 bits per heavy atom. The molecule has 16 heavy (non-hydrogen) atoms. The molecule has 0 heterocycles. The second-order valence-corrected chi connectivity index (χ2v) is 4.65. The summed E-state index contributed by atoms with van der Waals surface area (Å²) in [5.41, 5.74) is 7.58. The molecule has 1 aromatic carbocycles. The van der Waals surface area contributed by atoms with Gasteiger partial charge in [0.25, 0.3) is 0 Å². The van der Waals surface area contributed by atoms with Crippen LogP contribution in [0.1, 0.15) is 37.0 Å². The molecule has 0 radical (unpaired) electrons. The van der Waals surface area contributed by atoms with Gasteiger partial charge in [-0.3, -0.25) is 0 Å². The van der Waals surface area contributed by atoms with Crippen LogP contribution in [0, 0.1) is 12.8 Å². The zero-order valence-electron chi connectivity index (χ0n) is 9.91. The Kier molecular flexibility index (Phi) is 5.26. The average Bonchev–Trinajstić information content (AvgIpc) is 2.28. The van der Waals surface area contributed by atoms with Gasteiger partial charge < -0.3 is 10.8 Å². The summed E-state index contributed by atoms with van der Waals surface area (Å²) in [6.07, 6.45) is 1.49. The van der Waals surface area contributed by atoms with Crippen LogP contribution in [0.5, 0.6) is 0 Å². The van der Waals surface area contributed by atoms with Crippen LogP contribution in [0.4, 0.5) is 0 Å². The molecule has 0 aliphatic carbocycles. The van der Waals surface area contributed by atoms with Crippen molar-refractivity contribution in [2.45, 2.75) is 32.8 Å². The molecule has 0 aliphatic heterocycles. The summed E-state index contributed by atoms with van der Waals surface area (Å²) >= 11 is 5.95. The first kappa shape index (κ1) is 13.5. The first-order chi connectivity index (χ1) is 7.60. The van der Waals surface area contributed by atoms with E-state index in [1.54, 1.807) is 0 Å². The predicted octanol–water partition coefficient (Wildman–Crippen LogP) is 3.06. The monoisotopic (exact) mass is 241 g/mol. The van der Waals surface area contributed by atoms with Crippen molar-refractivity contribution in [2.24, 2.45) is 11.7 Å². The summed E-state index contributed by atoms with van der Waals surface area (Å²) in [5, 5.41) is 10.9. The van der Waals surface area contributed by atoms with Crippen molar-refractivity contribution >= 4 is 11.6 Å². The van der Waals surface area contributed by atoms with E-state index in [-0.39, 0.29) is 5.92 Å². The first-order valence-electron chi connectivity index (χ1n) is 5.74. The summed E-state index contributed by atoms with van der Waals surface area (Å²) in [7, 11) is 0. The quantitative estimate of drug-likeness (QED) is 0.832. The predicted molar refractivity (Wildman–Crippen MR) is 68.6 cm³/mol. The normalized spacial score (nSPS) is 14.8. The van der Waals surface area contributed by atoms with Crippen LogP contribution in [-0.2, 0) is 0 Å². The largest absolute Gasteiger partial charge is 0.388 e. The molecule has 0 fully saturated rings. The van der Waals surface area contributed by atoms with Crippen LogP contribution in [0.25, 0.3) is 0 Å². The number of aliphatic hydroxyl groups excluding tert-OH is 1.